The van der Waals surface area contributed by atoms with Crippen LogP contribution in [-0.4, -0.2) is 22.2 Å². The van der Waals surface area contributed by atoms with E-state index in [1.165, 1.54) is 18.3 Å². The first-order chi connectivity index (χ1) is 14.6. The quantitative estimate of drug-likeness (QED) is 0.308. The van der Waals surface area contributed by atoms with Crippen LogP contribution in [0.4, 0.5) is 24.5 Å². The van der Waals surface area contributed by atoms with E-state index in [1.54, 1.807) is 25.1 Å². The molecule has 0 amide bonds. The topological polar surface area (TPSA) is 118 Å². The van der Waals surface area contributed by atoms with E-state index in [0.717, 1.165) is 6.07 Å². The summed E-state index contributed by atoms with van der Waals surface area (Å²) < 4.78 is 43.9. The van der Waals surface area contributed by atoms with Gasteiger partial charge in [-0.05, 0) is 42.8 Å². The summed E-state index contributed by atoms with van der Waals surface area (Å²) in [6.07, 6.45) is -3.53. The number of hydrogen-bond acceptors (Lipinski definition) is 6. The maximum Gasteiger partial charge on any atom is 0.416 e. The predicted molar refractivity (Wildman–Crippen MR) is 105 cm³/mol. The van der Waals surface area contributed by atoms with Gasteiger partial charge >= 0.3 is 12.1 Å². The van der Waals surface area contributed by atoms with Crippen molar-refractivity contribution in [1.29, 1.82) is 0 Å². The van der Waals surface area contributed by atoms with Crippen molar-refractivity contribution in [3.63, 3.8) is 0 Å². The second-order valence-corrected chi connectivity index (χ2v) is 6.34. The van der Waals surface area contributed by atoms with Crippen LogP contribution in [0.1, 0.15) is 27.2 Å². The first kappa shape index (κ1) is 21.6. The normalized spacial score (nSPS) is 11.6. The Morgan fingerprint density at radius 1 is 1.23 bits per heavy atom. The monoisotopic (exact) mass is 433 g/mol. The highest BCUT2D eigenvalue weighted by Gasteiger charge is 2.33. The second kappa shape index (κ2) is 8.30. The summed E-state index contributed by atoms with van der Waals surface area (Å²) >= 11 is 0. The van der Waals surface area contributed by atoms with Crippen LogP contribution in [0.5, 0.6) is 0 Å². The van der Waals surface area contributed by atoms with Crippen molar-refractivity contribution in [2.45, 2.75) is 13.1 Å². The number of hydrazone groups is 1. The number of rotatable bonds is 6. The Morgan fingerprint density at radius 2 is 1.97 bits per heavy atom. The average Bonchev–Trinajstić information content (AvgIpc) is 3.15. The third-order valence-corrected chi connectivity index (χ3v) is 4.35. The van der Waals surface area contributed by atoms with Gasteiger partial charge in [0.2, 0.25) is 0 Å². The van der Waals surface area contributed by atoms with E-state index in [1.807, 2.05) is 0 Å². The fourth-order valence-electron chi connectivity index (χ4n) is 2.82. The Kier molecular flexibility index (Phi) is 5.77. The Bertz CT molecular complexity index is 1190. The molecule has 0 bridgehead atoms. The lowest BCUT2D eigenvalue weighted by Gasteiger charge is -2.08. The lowest BCUT2D eigenvalue weighted by Crippen LogP contribution is -2.06. The largest absolute Gasteiger partial charge is 0.478 e. The number of nitrogens with one attached hydrogen (secondary N) is 1. The number of nitro benzene ring substituents is 1. The van der Waals surface area contributed by atoms with E-state index in [-0.39, 0.29) is 17.0 Å². The van der Waals surface area contributed by atoms with E-state index in [0.29, 0.717) is 29.0 Å². The molecule has 0 aliphatic carbocycles. The summed E-state index contributed by atoms with van der Waals surface area (Å²) in [7, 11) is 0. The number of hydrogen-bond donors (Lipinski definition) is 2. The molecule has 11 heteroatoms. The number of halogens is 3. The standard InChI is InChI=1S/C20H14F3N3O5/c1-11-14(3-2-4-15(11)19(27)28)18-8-6-13(31-18)10-24-25-16-7-5-12(20(21,22)23)9-17(16)26(29)30/h2-10,25H,1H3,(H,27,28)/b24-10-. The van der Waals surface area contributed by atoms with Crippen molar-refractivity contribution in [1.82, 2.24) is 0 Å². The maximum absolute atomic E-state index is 12.8. The van der Waals surface area contributed by atoms with Crippen LogP contribution in [0.3, 0.4) is 0 Å². The Balaban J connectivity index is 1.81. The fourth-order valence-corrected chi connectivity index (χ4v) is 2.82. The maximum atomic E-state index is 12.8. The molecule has 160 valence electrons. The highest BCUT2D eigenvalue weighted by Crippen LogP contribution is 2.35. The molecular formula is C20H14F3N3O5. The zero-order chi connectivity index (χ0) is 22.8. The number of aromatic carboxylic acids is 1. The highest BCUT2D eigenvalue weighted by atomic mass is 19.4. The number of furan rings is 1. The highest BCUT2D eigenvalue weighted by molar-refractivity contribution is 5.91. The molecule has 0 saturated carbocycles. The van der Waals surface area contributed by atoms with Crippen molar-refractivity contribution in [3.8, 4) is 11.3 Å². The molecule has 2 aromatic carbocycles. The van der Waals surface area contributed by atoms with E-state index in [9.17, 15) is 33.2 Å². The summed E-state index contributed by atoms with van der Waals surface area (Å²) in [6.45, 7) is 1.64. The Hall–Kier alpha value is -4.15. The van der Waals surface area contributed by atoms with Gasteiger partial charge in [0.15, 0.2) is 0 Å². The molecule has 0 saturated heterocycles. The third kappa shape index (κ3) is 4.71. The van der Waals surface area contributed by atoms with Gasteiger partial charge in [-0.3, -0.25) is 15.5 Å². The molecule has 1 heterocycles. The van der Waals surface area contributed by atoms with Crippen LogP contribution >= 0.6 is 0 Å². The van der Waals surface area contributed by atoms with Crippen LogP contribution < -0.4 is 5.43 Å². The molecule has 0 radical (unpaired) electrons. The number of nitro groups is 1. The number of benzene rings is 2. The molecule has 31 heavy (non-hydrogen) atoms. The number of anilines is 1. The Morgan fingerprint density at radius 3 is 2.61 bits per heavy atom. The second-order valence-electron chi connectivity index (χ2n) is 6.34. The first-order valence-electron chi connectivity index (χ1n) is 8.65. The molecule has 2 N–H and O–H groups in total. The zero-order valence-electron chi connectivity index (χ0n) is 15.8. The molecule has 8 nitrogen and oxygen atoms in total. The zero-order valence-corrected chi connectivity index (χ0v) is 15.8. The summed E-state index contributed by atoms with van der Waals surface area (Å²) in [6, 6.07) is 9.89. The number of nitrogens with zero attached hydrogens (tertiary/aromatic N) is 2. The van der Waals surface area contributed by atoms with Crippen molar-refractivity contribution in [3.05, 3.63) is 81.1 Å². The van der Waals surface area contributed by atoms with Crippen LogP contribution in [0.25, 0.3) is 11.3 Å². The van der Waals surface area contributed by atoms with Gasteiger partial charge in [-0.25, -0.2) is 4.79 Å². The first-order valence-corrected chi connectivity index (χ1v) is 8.65. The van der Waals surface area contributed by atoms with E-state index in [2.05, 4.69) is 10.5 Å². The molecule has 3 aromatic rings. The minimum atomic E-state index is -4.72. The van der Waals surface area contributed by atoms with Crippen LogP contribution in [-0.2, 0) is 6.18 Å². The van der Waals surface area contributed by atoms with Gasteiger partial charge in [0.05, 0.1) is 22.3 Å². The van der Waals surface area contributed by atoms with Gasteiger partial charge < -0.3 is 9.52 Å². The van der Waals surface area contributed by atoms with Gasteiger partial charge in [0.25, 0.3) is 5.69 Å². The molecule has 0 spiro atoms. The van der Waals surface area contributed by atoms with Gasteiger partial charge in [-0.2, -0.15) is 18.3 Å². The number of carbonyl (C=O) groups is 1. The van der Waals surface area contributed by atoms with E-state index >= 15 is 0 Å². The summed E-state index contributed by atoms with van der Waals surface area (Å²) in [5.41, 5.74) is 1.36. The molecule has 3 rings (SSSR count). The van der Waals surface area contributed by atoms with Gasteiger partial charge in [0.1, 0.15) is 17.2 Å². The minimum absolute atomic E-state index is 0.125. The SMILES string of the molecule is Cc1c(C(=O)O)cccc1-c1ccc(/C=N\Nc2ccc(C(F)(F)F)cc2[N+](=O)[O-])o1. The lowest BCUT2D eigenvalue weighted by molar-refractivity contribution is -0.384. The number of carboxylic acid groups (broad SMARTS) is 1. The van der Waals surface area contributed by atoms with Crippen molar-refractivity contribution in [2.24, 2.45) is 5.10 Å². The molecule has 0 atom stereocenters. The molecular weight excluding hydrogens is 419 g/mol. The predicted octanol–water partition coefficient (Wildman–Crippen LogP) is 5.33. The molecule has 0 unspecified atom stereocenters. The van der Waals surface area contributed by atoms with Gasteiger partial charge in [-0.15, -0.1) is 0 Å². The lowest BCUT2D eigenvalue weighted by atomic mass is 10.0. The summed E-state index contributed by atoms with van der Waals surface area (Å²) in [4.78, 5) is 21.4. The van der Waals surface area contributed by atoms with Crippen molar-refractivity contribution < 1.29 is 32.4 Å². The molecule has 0 aliphatic heterocycles. The summed E-state index contributed by atoms with van der Waals surface area (Å²) in [5.74, 6) is -0.463. The van der Waals surface area contributed by atoms with Crippen molar-refractivity contribution in [2.75, 3.05) is 5.43 Å². The van der Waals surface area contributed by atoms with Crippen LogP contribution in [0.15, 0.2) is 58.0 Å². The molecule has 1 aromatic heterocycles. The van der Waals surface area contributed by atoms with Crippen molar-refractivity contribution >= 4 is 23.6 Å². The van der Waals surface area contributed by atoms with Gasteiger partial charge in [-0.1, -0.05) is 12.1 Å². The van der Waals surface area contributed by atoms with Crippen LogP contribution in [0, 0.1) is 17.0 Å². The molecule has 0 aliphatic rings. The minimum Gasteiger partial charge on any atom is -0.478 e. The third-order valence-electron chi connectivity index (χ3n) is 4.35. The fraction of sp³-hybridized carbons (Fsp3) is 0.100. The van der Waals surface area contributed by atoms with Gasteiger partial charge in [0, 0.05) is 11.6 Å². The van der Waals surface area contributed by atoms with Crippen LogP contribution in [0.2, 0.25) is 0 Å². The van der Waals surface area contributed by atoms with E-state index in [4.69, 9.17) is 4.42 Å². The average molecular weight is 433 g/mol. The smallest absolute Gasteiger partial charge is 0.416 e. The number of carboxylic acids is 1. The molecule has 0 fully saturated rings. The number of alkyl halides is 3. The van der Waals surface area contributed by atoms with E-state index < -0.39 is 28.3 Å². The Labute approximate surface area is 172 Å². The summed E-state index contributed by atoms with van der Waals surface area (Å²) in [5, 5.41) is 24.1.